The third-order valence-electron chi connectivity index (χ3n) is 1.32. The minimum atomic E-state index is -4.31. The first-order valence-electron chi connectivity index (χ1n) is 3.84. The minimum absolute atomic E-state index is 0.409. The van der Waals surface area contributed by atoms with Crippen molar-refractivity contribution in [1.29, 1.82) is 0 Å². The molecule has 1 amide bonds. The van der Waals surface area contributed by atoms with Gasteiger partial charge in [-0.05, 0) is 0 Å². The Labute approximate surface area is 92.4 Å². The molecular weight excluding hydrogens is 240 g/mol. The highest BCUT2D eigenvalue weighted by atomic mass is 32.2. The van der Waals surface area contributed by atoms with Crippen molar-refractivity contribution in [2.24, 2.45) is 0 Å². The largest absolute Gasteiger partial charge is 0.480 e. The molecule has 0 fully saturated rings. The van der Waals surface area contributed by atoms with Crippen molar-refractivity contribution in [1.82, 2.24) is 9.03 Å². The van der Waals surface area contributed by atoms with Crippen molar-refractivity contribution in [2.45, 2.75) is 0 Å². The lowest BCUT2D eigenvalue weighted by molar-refractivity contribution is -0.137. The van der Waals surface area contributed by atoms with Gasteiger partial charge in [0.2, 0.25) is 0 Å². The van der Waals surface area contributed by atoms with E-state index in [1.807, 2.05) is 5.92 Å². The molecule has 8 nitrogen and oxygen atoms in total. The summed E-state index contributed by atoms with van der Waals surface area (Å²) in [6, 6.07) is 0. The van der Waals surface area contributed by atoms with Gasteiger partial charge in [0, 0.05) is 0 Å². The van der Waals surface area contributed by atoms with Crippen molar-refractivity contribution in [3.05, 3.63) is 0 Å². The quantitative estimate of drug-likeness (QED) is 0.581. The smallest absolute Gasteiger partial charge is 0.421 e. The SMILES string of the molecule is C#CCN(CC(=O)O)S(=O)(=O)NC(=O)OC. The zero-order valence-electron chi connectivity index (χ0n) is 8.34. The van der Waals surface area contributed by atoms with Gasteiger partial charge < -0.3 is 9.84 Å². The second-order valence-corrected chi connectivity index (χ2v) is 4.14. The van der Waals surface area contributed by atoms with E-state index in [1.54, 1.807) is 0 Å². The summed E-state index contributed by atoms with van der Waals surface area (Å²) in [6.07, 6.45) is 3.64. The zero-order chi connectivity index (χ0) is 12.8. The van der Waals surface area contributed by atoms with E-state index in [2.05, 4.69) is 4.74 Å². The van der Waals surface area contributed by atoms with Crippen LogP contribution in [0.25, 0.3) is 0 Å². The number of aliphatic carboxylic acids is 1. The fourth-order valence-electron chi connectivity index (χ4n) is 0.690. The molecule has 16 heavy (non-hydrogen) atoms. The molecule has 0 radical (unpaired) electrons. The molecule has 0 saturated carbocycles. The molecule has 9 heteroatoms. The minimum Gasteiger partial charge on any atom is -0.480 e. The van der Waals surface area contributed by atoms with Crippen molar-refractivity contribution >= 4 is 22.3 Å². The van der Waals surface area contributed by atoms with E-state index in [0.29, 0.717) is 4.31 Å². The van der Waals surface area contributed by atoms with Crippen molar-refractivity contribution < 1.29 is 27.9 Å². The molecule has 0 unspecified atom stereocenters. The summed E-state index contributed by atoms with van der Waals surface area (Å²) in [5, 5.41) is 8.45. The number of rotatable bonds is 5. The summed E-state index contributed by atoms with van der Waals surface area (Å²) in [5.74, 6) is 0.564. The van der Waals surface area contributed by atoms with Gasteiger partial charge in [-0.25, -0.2) is 9.52 Å². The number of methoxy groups -OCH3 is 1. The predicted octanol–water partition coefficient (Wildman–Crippen LogP) is -1.39. The third kappa shape index (κ3) is 4.63. The second kappa shape index (κ2) is 5.94. The van der Waals surface area contributed by atoms with Gasteiger partial charge in [0.25, 0.3) is 0 Å². The molecular formula is C7H10N2O6S. The summed E-state index contributed by atoms with van der Waals surface area (Å²) in [5.41, 5.74) is 0. The molecule has 0 aromatic carbocycles. The molecule has 0 saturated heterocycles. The van der Waals surface area contributed by atoms with Gasteiger partial charge >= 0.3 is 22.3 Å². The Bertz CT molecular complexity index is 409. The van der Waals surface area contributed by atoms with E-state index >= 15 is 0 Å². The molecule has 0 aromatic heterocycles. The lowest BCUT2D eigenvalue weighted by Crippen LogP contribution is -2.45. The van der Waals surface area contributed by atoms with E-state index in [4.69, 9.17) is 11.5 Å². The van der Waals surface area contributed by atoms with Gasteiger partial charge in [0.15, 0.2) is 0 Å². The summed E-state index contributed by atoms with van der Waals surface area (Å²) in [4.78, 5) is 21.1. The van der Waals surface area contributed by atoms with Crippen LogP contribution in [0.15, 0.2) is 0 Å². The van der Waals surface area contributed by atoms with Crippen molar-refractivity contribution in [3.8, 4) is 12.3 Å². The summed E-state index contributed by atoms with van der Waals surface area (Å²) >= 11 is 0. The second-order valence-electron chi connectivity index (χ2n) is 2.46. The van der Waals surface area contributed by atoms with Crippen LogP contribution in [0.3, 0.4) is 0 Å². The number of nitrogens with zero attached hydrogens (tertiary/aromatic N) is 1. The lowest BCUT2D eigenvalue weighted by Gasteiger charge is -2.17. The first-order valence-corrected chi connectivity index (χ1v) is 5.28. The van der Waals surface area contributed by atoms with Crippen LogP contribution in [0.5, 0.6) is 0 Å². The van der Waals surface area contributed by atoms with E-state index in [-0.39, 0.29) is 0 Å². The standard InChI is InChI=1S/C7H10N2O6S/c1-3-4-9(5-6(10)11)16(13,14)8-7(12)15-2/h1H,4-5H2,2H3,(H,8,12)(H,10,11). The fourth-order valence-corrected chi connectivity index (χ4v) is 1.64. The van der Waals surface area contributed by atoms with Gasteiger partial charge in [-0.3, -0.25) is 4.79 Å². The van der Waals surface area contributed by atoms with E-state index in [1.165, 1.54) is 4.72 Å². The number of hydrogen-bond donors (Lipinski definition) is 2. The Morgan fingerprint density at radius 3 is 2.50 bits per heavy atom. The Kier molecular flexibility index (Phi) is 5.27. The van der Waals surface area contributed by atoms with Crippen LogP contribution < -0.4 is 4.72 Å². The van der Waals surface area contributed by atoms with E-state index < -0.39 is 35.4 Å². The fraction of sp³-hybridized carbons (Fsp3) is 0.429. The normalized spacial score (nSPS) is 10.6. The van der Waals surface area contributed by atoms with Gasteiger partial charge in [0.05, 0.1) is 13.7 Å². The number of hydrogen-bond acceptors (Lipinski definition) is 5. The monoisotopic (exact) mass is 250 g/mol. The highest BCUT2D eigenvalue weighted by Gasteiger charge is 2.25. The van der Waals surface area contributed by atoms with Gasteiger partial charge in [0.1, 0.15) is 6.54 Å². The molecule has 2 N–H and O–H groups in total. The molecule has 90 valence electrons. The number of carbonyl (C=O) groups excluding carboxylic acids is 1. The van der Waals surface area contributed by atoms with Crippen LogP contribution in [0.4, 0.5) is 4.79 Å². The van der Waals surface area contributed by atoms with E-state index in [0.717, 1.165) is 7.11 Å². The van der Waals surface area contributed by atoms with E-state index in [9.17, 15) is 18.0 Å². The number of amides is 1. The number of terminal acetylenes is 1. The molecule has 0 aromatic rings. The third-order valence-corrected chi connectivity index (χ3v) is 2.68. The van der Waals surface area contributed by atoms with Crippen LogP contribution in [0, 0.1) is 12.3 Å². The molecule has 0 spiro atoms. The number of carboxylic acid groups (broad SMARTS) is 1. The van der Waals surface area contributed by atoms with Crippen molar-refractivity contribution in [3.63, 3.8) is 0 Å². The van der Waals surface area contributed by atoms with Crippen LogP contribution in [-0.4, -0.2) is 50.1 Å². The average molecular weight is 250 g/mol. The molecule has 0 aliphatic heterocycles. The summed E-state index contributed by atoms with van der Waals surface area (Å²) in [7, 11) is -3.34. The van der Waals surface area contributed by atoms with Gasteiger partial charge in [-0.15, -0.1) is 6.42 Å². The first kappa shape index (κ1) is 14.2. The lowest BCUT2D eigenvalue weighted by atomic mass is 10.6. The van der Waals surface area contributed by atoms with Crippen LogP contribution in [-0.2, 0) is 19.7 Å². The maximum atomic E-state index is 11.4. The number of ether oxygens (including phenoxy) is 1. The Balaban J connectivity index is 4.83. The Morgan fingerprint density at radius 2 is 2.12 bits per heavy atom. The van der Waals surface area contributed by atoms with Crippen molar-refractivity contribution in [2.75, 3.05) is 20.2 Å². The summed E-state index contributed by atoms with van der Waals surface area (Å²) in [6.45, 7) is -1.32. The first-order chi connectivity index (χ1) is 7.33. The Morgan fingerprint density at radius 1 is 1.56 bits per heavy atom. The topological polar surface area (TPSA) is 113 Å². The number of carbonyl (C=O) groups is 2. The van der Waals surface area contributed by atoms with Crippen LogP contribution >= 0.6 is 0 Å². The van der Waals surface area contributed by atoms with Gasteiger partial charge in [-0.2, -0.15) is 12.7 Å². The summed E-state index contributed by atoms with van der Waals surface area (Å²) < 4.78 is 28.7. The molecule has 0 atom stereocenters. The molecule has 0 bridgehead atoms. The number of carboxylic acids is 1. The van der Waals surface area contributed by atoms with Crippen LogP contribution in [0.1, 0.15) is 0 Å². The molecule has 0 aliphatic rings. The maximum Gasteiger partial charge on any atom is 0.421 e. The molecule has 0 aliphatic carbocycles. The highest BCUT2D eigenvalue weighted by molar-refractivity contribution is 7.87. The maximum absolute atomic E-state index is 11.4. The molecule has 0 rings (SSSR count). The predicted molar refractivity (Wildman–Crippen MR) is 52.5 cm³/mol. The Hall–Kier alpha value is -1.79. The highest BCUT2D eigenvalue weighted by Crippen LogP contribution is 1.97. The zero-order valence-corrected chi connectivity index (χ0v) is 9.15. The number of nitrogens with one attached hydrogen (secondary N) is 1. The molecule has 0 heterocycles. The van der Waals surface area contributed by atoms with Crippen LogP contribution in [0.2, 0.25) is 0 Å². The average Bonchev–Trinajstić information content (AvgIpc) is 2.15. The van der Waals surface area contributed by atoms with Gasteiger partial charge in [-0.1, -0.05) is 5.92 Å².